The van der Waals surface area contributed by atoms with E-state index in [9.17, 15) is 8.42 Å². The maximum atomic E-state index is 11.0. The summed E-state index contributed by atoms with van der Waals surface area (Å²) in [4.78, 5) is 2.30. The first-order chi connectivity index (χ1) is 11.6. The quantitative estimate of drug-likeness (QED) is 0.782. The molecule has 0 amide bonds. The Hall–Kier alpha value is -1.19. The molecule has 25 heavy (non-hydrogen) atoms. The van der Waals surface area contributed by atoms with Gasteiger partial charge >= 0.3 is 10.3 Å². The summed E-state index contributed by atoms with van der Waals surface area (Å²) in [6.45, 7) is 11.3. The van der Waals surface area contributed by atoms with Gasteiger partial charge in [-0.15, -0.1) is 0 Å². The normalized spacial score (nSPS) is 23.3. The Labute approximate surface area is 149 Å². The summed E-state index contributed by atoms with van der Waals surface area (Å²) in [5.41, 5.74) is 3.65. The van der Waals surface area contributed by atoms with Crippen LogP contribution in [0.4, 0.5) is 0 Å². The highest BCUT2D eigenvalue weighted by molar-refractivity contribution is 7.83. The Balaban J connectivity index is 1.95. The summed E-state index contributed by atoms with van der Waals surface area (Å²) in [5, 5.41) is 0. The van der Waals surface area contributed by atoms with E-state index in [1.54, 1.807) is 0 Å². The fourth-order valence-electron chi connectivity index (χ4n) is 3.68. The Morgan fingerprint density at radius 1 is 1.28 bits per heavy atom. The molecule has 0 saturated carbocycles. The molecule has 1 aromatic carbocycles. The van der Waals surface area contributed by atoms with Gasteiger partial charge in [0.25, 0.3) is 0 Å². The molecule has 0 radical (unpaired) electrons. The van der Waals surface area contributed by atoms with E-state index in [4.69, 9.17) is 14.0 Å². The zero-order chi connectivity index (χ0) is 18.4. The molecule has 1 saturated heterocycles. The lowest BCUT2D eigenvalue weighted by Gasteiger charge is -2.38. The summed E-state index contributed by atoms with van der Waals surface area (Å²) in [6.07, 6.45) is -0.0747. The van der Waals surface area contributed by atoms with E-state index < -0.39 is 10.3 Å². The first-order valence-electron chi connectivity index (χ1n) is 8.45. The fourth-order valence-corrected chi connectivity index (χ4v) is 4.02. The minimum atomic E-state index is -4.23. The molecule has 1 fully saturated rings. The molecular weight excluding hydrogens is 344 g/mol. The van der Waals surface area contributed by atoms with Crippen LogP contribution in [0.15, 0.2) is 6.07 Å². The van der Waals surface area contributed by atoms with E-state index in [0.29, 0.717) is 13.2 Å². The SMILES string of the molecule is Cc1c(CNS(=O)(=O)O)cc2c(c1C)OC(N1CCOCC1)C2(C)C. The molecular formula is C17H26N2O5S. The second-order valence-corrected chi connectivity index (χ2v) is 8.54. The van der Waals surface area contributed by atoms with Crippen LogP contribution in [-0.4, -0.2) is 50.4 Å². The van der Waals surface area contributed by atoms with Crippen LogP contribution >= 0.6 is 0 Å². The second kappa shape index (κ2) is 6.51. The van der Waals surface area contributed by atoms with Gasteiger partial charge in [0.1, 0.15) is 5.75 Å². The van der Waals surface area contributed by atoms with Crippen LogP contribution < -0.4 is 9.46 Å². The maximum absolute atomic E-state index is 11.0. The van der Waals surface area contributed by atoms with Crippen molar-refractivity contribution in [2.75, 3.05) is 26.3 Å². The van der Waals surface area contributed by atoms with Crippen molar-refractivity contribution in [2.45, 2.75) is 45.9 Å². The highest BCUT2D eigenvalue weighted by Crippen LogP contribution is 2.47. The number of benzene rings is 1. The highest BCUT2D eigenvalue weighted by atomic mass is 32.2. The van der Waals surface area contributed by atoms with Gasteiger partial charge < -0.3 is 9.47 Å². The van der Waals surface area contributed by atoms with Gasteiger partial charge in [-0.2, -0.15) is 13.1 Å². The number of morpholine rings is 1. The molecule has 7 nitrogen and oxygen atoms in total. The fraction of sp³-hybridized carbons (Fsp3) is 0.647. The number of rotatable bonds is 4. The lowest BCUT2D eigenvalue weighted by molar-refractivity contribution is -0.0614. The van der Waals surface area contributed by atoms with E-state index in [2.05, 4.69) is 23.5 Å². The molecule has 0 bridgehead atoms. The van der Waals surface area contributed by atoms with Crippen LogP contribution in [-0.2, 0) is 27.0 Å². The van der Waals surface area contributed by atoms with Crippen molar-refractivity contribution in [1.29, 1.82) is 0 Å². The highest BCUT2D eigenvalue weighted by Gasteiger charge is 2.46. The second-order valence-electron chi connectivity index (χ2n) is 7.30. The number of nitrogens with zero attached hydrogens (tertiary/aromatic N) is 1. The summed E-state index contributed by atoms with van der Waals surface area (Å²) in [5.74, 6) is 0.884. The Bertz CT molecular complexity index is 770. The topological polar surface area (TPSA) is 88.1 Å². The average Bonchev–Trinajstić information content (AvgIpc) is 2.81. The average molecular weight is 370 g/mol. The van der Waals surface area contributed by atoms with E-state index in [-0.39, 0.29) is 18.2 Å². The number of nitrogens with one attached hydrogen (secondary N) is 1. The molecule has 0 aromatic heterocycles. The first-order valence-corrected chi connectivity index (χ1v) is 9.89. The number of hydrogen-bond donors (Lipinski definition) is 2. The van der Waals surface area contributed by atoms with Gasteiger partial charge in [-0.3, -0.25) is 9.45 Å². The van der Waals surface area contributed by atoms with Crippen LogP contribution in [0, 0.1) is 13.8 Å². The predicted molar refractivity (Wildman–Crippen MR) is 94.1 cm³/mol. The molecule has 2 aliphatic rings. The molecule has 2 heterocycles. The van der Waals surface area contributed by atoms with E-state index in [1.807, 2.05) is 19.9 Å². The monoisotopic (exact) mass is 370 g/mol. The molecule has 0 aliphatic carbocycles. The van der Waals surface area contributed by atoms with Crippen molar-refractivity contribution in [1.82, 2.24) is 9.62 Å². The van der Waals surface area contributed by atoms with Gasteiger partial charge in [0.05, 0.1) is 13.2 Å². The lowest BCUT2D eigenvalue weighted by atomic mass is 9.81. The molecule has 0 spiro atoms. The van der Waals surface area contributed by atoms with Crippen molar-refractivity contribution in [3.63, 3.8) is 0 Å². The van der Waals surface area contributed by atoms with E-state index in [0.717, 1.165) is 41.1 Å². The molecule has 1 unspecified atom stereocenters. The molecule has 1 aromatic rings. The maximum Gasteiger partial charge on any atom is 0.333 e. The standard InChI is InChI=1S/C17H26N2O5S/c1-11-12(2)15-14(9-13(11)10-18-25(20,21)22)17(3,4)16(24-15)19-5-7-23-8-6-19/h9,16,18H,5-8,10H2,1-4H3,(H,20,21,22). The van der Waals surface area contributed by atoms with Gasteiger partial charge in [-0.25, -0.2) is 0 Å². The Morgan fingerprint density at radius 3 is 2.52 bits per heavy atom. The van der Waals surface area contributed by atoms with Crippen LogP contribution in [0.5, 0.6) is 5.75 Å². The molecule has 3 rings (SSSR count). The summed E-state index contributed by atoms with van der Waals surface area (Å²) in [6, 6.07) is 2.00. The molecule has 2 N–H and O–H groups in total. The Kier molecular flexibility index (Phi) is 4.85. The van der Waals surface area contributed by atoms with Crippen molar-refractivity contribution < 1.29 is 22.4 Å². The summed E-state index contributed by atoms with van der Waals surface area (Å²) < 4.78 is 45.0. The minimum absolute atomic E-state index is 0.0527. The molecule has 2 aliphatic heterocycles. The van der Waals surface area contributed by atoms with Gasteiger partial charge in [0, 0.05) is 30.6 Å². The van der Waals surface area contributed by atoms with Crippen molar-refractivity contribution >= 4 is 10.3 Å². The Morgan fingerprint density at radius 2 is 1.92 bits per heavy atom. The number of fused-ring (bicyclic) bond motifs is 1. The van der Waals surface area contributed by atoms with Crippen molar-refractivity contribution in [3.8, 4) is 5.75 Å². The van der Waals surface area contributed by atoms with Gasteiger partial charge in [0.15, 0.2) is 6.23 Å². The minimum Gasteiger partial charge on any atom is -0.474 e. The van der Waals surface area contributed by atoms with Crippen LogP contribution in [0.2, 0.25) is 0 Å². The lowest BCUT2D eigenvalue weighted by Crippen LogP contribution is -2.52. The zero-order valence-corrected chi connectivity index (χ0v) is 15.9. The van der Waals surface area contributed by atoms with Crippen LogP contribution in [0.25, 0.3) is 0 Å². The third-order valence-corrected chi connectivity index (χ3v) is 5.82. The van der Waals surface area contributed by atoms with Crippen molar-refractivity contribution in [3.05, 3.63) is 28.3 Å². The zero-order valence-electron chi connectivity index (χ0n) is 15.1. The van der Waals surface area contributed by atoms with Gasteiger partial charge in [0.2, 0.25) is 0 Å². The first kappa shape index (κ1) is 18.6. The third kappa shape index (κ3) is 3.54. The largest absolute Gasteiger partial charge is 0.474 e. The van der Waals surface area contributed by atoms with Crippen molar-refractivity contribution in [2.24, 2.45) is 0 Å². The van der Waals surface area contributed by atoms with Crippen LogP contribution in [0.1, 0.15) is 36.1 Å². The predicted octanol–water partition coefficient (Wildman–Crippen LogP) is 1.52. The molecule has 1 atom stereocenters. The molecule has 140 valence electrons. The van der Waals surface area contributed by atoms with E-state index >= 15 is 0 Å². The molecule has 8 heteroatoms. The van der Waals surface area contributed by atoms with Gasteiger partial charge in [-0.05, 0) is 36.6 Å². The van der Waals surface area contributed by atoms with Gasteiger partial charge in [-0.1, -0.05) is 13.8 Å². The number of hydrogen-bond acceptors (Lipinski definition) is 5. The van der Waals surface area contributed by atoms with E-state index in [1.165, 1.54) is 0 Å². The third-order valence-electron chi connectivity index (χ3n) is 5.31. The van der Waals surface area contributed by atoms with Crippen LogP contribution in [0.3, 0.4) is 0 Å². The summed E-state index contributed by atoms with van der Waals surface area (Å²) >= 11 is 0. The number of ether oxygens (including phenoxy) is 2. The summed E-state index contributed by atoms with van der Waals surface area (Å²) in [7, 11) is -4.23. The smallest absolute Gasteiger partial charge is 0.333 e.